The van der Waals surface area contributed by atoms with Crippen molar-refractivity contribution in [1.29, 1.82) is 0 Å². The van der Waals surface area contributed by atoms with Crippen LogP contribution >= 0.6 is 11.6 Å². The van der Waals surface area contributed by atoms with Crippen LogP contribution in [0.2, 0.25) is 5.02 Å². The largest absolute Gasteiger partial charge is 0.0843 e. The highest BCUT2D eigenvalue weighted by Gasteiger charge is 2.04. The van der Waals surface area contributed by atoms with E-state index in [2.05, 4.69) is 50.2 Å². The second-order valence-electron chi connectivity index (χ2n) is 4.61. The number of halogens is 1. The van der Waals surface area contributed by atoms with Gasteiger partial charge in [0.15, 0.2) is 0 Å². The molecule has 0 saturated carbocycles. The highest BCUT2D eigenvalue weighted by molar-refractivity contribution is 6.31. The van der Waals surface area contributed by atoms with E-state index in [1.54, 1.807) is 0 Å². The van der Waals surface area contributed by atoms with Crippen molar-refractivity contribution in [2.45, 2.75) is 13.8 Å². The van der Waals surface area contributed by atoms with E-state index in [0.29, 0.717) is 0 Å². The van der Waals surface area contributed by atoms with Crippen molar-refractivity contribution in [3.63, 3.8) is 0 Å². The molecule has 0 radical (unpaired) electrons. The molecular formula is C16H13Cl. The number of hydrogen-bond donors (Lipinski definition) is 0. The topological polar surface area (TPSA) is 0 Å². The molecule has 0 amide bonds. The number of benzene rings is 3. The Morgan fingerprint density at radius 2 is 1.53 bits per heavy atom. The van der Waals surface area contributed by atoms with Crippen molar-refractivity contribution in [3.05, 3.63) is 58.6 Å². The summed E-state index contributed by atoms with van der Waals surface area (Å²) in [5, 5.41) is 5.89. The number of hydrogen-bond acceptors (Lipinski definition) is 0. The van der Waals surface area contributed by atoms with E-state index in [1.807, 2.05) is 6.07 Å². The Balaban J connectivity index is 2.58. The monoisotopic (exact) mass is 240 g/mol. The predicted molar refractivity (Wildman–Crippen MR) is 75.9 cm³/mol. The van der Waals surface area contributed by atoms with Crippen LogP contribution in [0.25, 0.3) is 21.5 Å². The highest BCUT2D eigenvalue weighted by atomic mass is 35.5. The quantitative estimate of drug-likeness (QED) is 0.470. The van der Waals surface area contributed by atoms with Gasteiger partial charge in [-0.25, -0.2) is 0 Å². The fourth-order valence-electron chi connectivity index (χ4n) is 2.57. The predicted octanol–water partition coefficient (Wildman–Crippen LogP) is 5.26. The second kappa shape index (κ2) is 3.75. The smallest absolute Gasteiger partial charge is 0.0412 e. The van der Waals surface area contributed by atoms with Crippen LogP contribution in [-0.4, -0.2) is 0 Å². The van der Waals surface area contributed by atoms with E-state index >= 15 is 0 Å². The average Bonchev–Trinajstić information content (AvgIpc) is 2.27. The molecule has 0 N–H and O–H groups in total. The van der Waals surface area contributed by atoms with Crippen molar-refractivity contribution < 1.29 is 0 Å². The summed E-state index contributed by atoms with van der Waals surface area (Å²) in [7, 11) is 0. The molecule has 0 bridgehead atoms. The molecule has 0 aliphatic rings. The van der Waals surface area contributed by atoms with Crippen LogP contribution in [0.15, 0.2) is 42.5 Å². The standard InChI is InChI=1S/C16H13Cl/c1-10-7-11(2)16-13(8-10)4-3-12-5-6-14(17)9-15(12)16/h3-9H,1-2H3. The zero-order chi connectivity index (χ0) is 12.0. The molecule has 3 rings (SSSR count). The molecule has 0 aromatic heterocycles. The van der Waals surface area contributed by atoms with Crippen molar-refractivity contribution in [2.24, 2.45) is 0 Å². The van der Waals surface area contributed by atoms with Gasteiger partial charge in [-0.2, -0.15) is 0 Å². The molecule has 0 unspecified atom stereocenters. The highest BCUT2D eigenvalue weighted by Crippen LogP contribution is 2.30. The molecule has 0 heterocycles. The lowest BCUT2D eigenvalue weighted by molar-refractivity contribution is 1.43. The van der Waals surface area contributed by atoms with Gasteiger partial charge < -0.3 is 0 Å². The van der Waals surface area contributed by atoms with Crippen molar-refractivity contribution in [3.8, 4) is 0 Å². The van der Waals surface area contributed by atoms with Crippen molar-refractivity contribution in [1.82, 2.24) is 0 Å². The molecule has 84 valence electrons. The van der Waals surface area contributed by atoms with E-state index in [0.717, 1.165) is 5.02 Å². The van der Waals surface area contributed by atoms with E-state index < -0.39 is 0 Å². The third-order valence-electron chi connectivity index (χ3n) is 3.24. The van der Waals surface area contributed by atoms with Gasteiger partial charge in [-0.05, 0) is 53.1 Å². The van der Waals surface area contributed by atoms with Crippen LogP contribution in [0.1, 0.15) is 11.1 Å². The fourth-order valence-corrected chi connectivity index (χ4v) is 2.74. The zero-order valence-electron chi connectivity index (χ0n) is 9.92. The summed E-state index contributed by atoms with van der Waals surface area (Å²) >= 11 is 6.10. The van der Waals surface area contributed by atoms with Gasteiger partial charge in [0.2, 0.25) is 0 Å². The van der Waals surface area contributed by atoms with Gasteiger partial charge in [0.1, 0.15) is 0 Å². The molecule has 17 heavy (non-hydrogen) atoms. The average molecular weight is 241 g/mol. The Morgan fingerprint density at radius 1 is 0.824 bits per heavy atom. The lowest BCUT2D eigenvalue weighted by atomic mass is 9.96. The summed E-state index contributed by atoms with van der Waals surface area (Å²) in [5.41, 5.74) is 2.62. The second-order valence-corrected chi connectivity index (χ2v) is 5.05. The fraction of sp³-hybridized carbons (Fsp3) is 0.125. The van der Waals surface area contributed by atoms with E-state index in [-0.39, 0.29) is 0 Å². The first kappa shape index (κ1) is 10.6. The molecule has 0 spiro atoms. The number of rotatable bonds is 0. The molecule has 0 aliphatic heterocycles. The van der Waals surface area contributed by atoms with Crippen molar-refractivity contribution >= 4 is 33.1 Å². The Hall–Kier alpha value is -1.53. The lowest BCUT2D eigenvalue weighted by Crippen LogP contribution is -1.84. The Kier molecular flexibility index (Phi) is 2.34. The maximum atomic E-state index is 6.10. The van der Waals surface area contributed by atoms with E-state index in [1.165, 1.54) is 32.7 Å². The van der Waals surface area contributed by atoms with Gasteiger partial charge in [0, 0.05) is 5.02 Å². The van der Waals surface area contributed by atoms with E-state index in [9.17, 15) is 0 Å². The minimum absolute atomic E-state index is 0.796. The minimum atomic E-state index is 0.796. The first-order valence-electron chi connectivity index (χ1n) is 5.74. The molecule has 1 heteroatoms. The maximum Gasteiger partial charge on any atom is 0.0412 e. The Morgan fingerprint density at radius 3 is 2.35 bits per heavy atom. The van der Waals surface area contributed by atoms with Crippen LogP contribution < -0.4 is 0 Å². The van der Waals surface area contributed by atoms with Gasteiger partial charge in [0.25, 0.3) is 0 Å². The van der Waals surface area contributed by atoms with Gasteiger partial charge in [-0.15, -0.1) is 0 Å². The van der Waals surface area contributed by atoms with E-state index in [4.69, 9.17) is 11.6 Å². The number of aryl methyl sites for hydroxylation is 2. The molecule has 0 nitrogen and oxygen atoms in total. The van der Waals surface area contributed by atoms with Crippen LogP contribution in [0.3, 0.4) is 0 Å². The van der Waals surface area contributed by atoms with Gasteiger partial charge >= 0.3 is 0 Å². The Labute approximate surface area is 106 Å². The zero-order valence-corrected chi connectivity index (χ0v) is 10.7. The lowest BCUT2D eigenvalue weighted by Gasteiger charge is -2.08. The first-order valence-corrected chi connectivity index (χ1v) is 6.12. The Bertz CT molecular complexity index is 726. The van der Waals surface area contributed by atoms with Crippen LogP contribution in [0.5, 0.6) is 0 Å². The summed E-state index contributed by atoms with van der Waals surface area (Å²) in [6, 6.07) is 14.9. The maximum absolute atomic E-state index is 6.10. The molecule has 3 aromatic carbocycles. The molecule has 0 fully saturated rings. The molecule has 0 atom stereocenters. The first-order chi connectivity index (χ1) is 8.15. The van der Waals surface area contributed by atoms with Crippen LogP contribution in [-0.2, 0) is 0 Å². The third-order valence-corrected chi connectivity index (χ3v) is 3.47. The van der Waals surface area contributed by atoms with Gasteiger partial charge in [-0.1, -0.05) is 47.5 Å². The van der Waals surface area contributed by atoms with Crippen molar-refractivity contribution in [2.75, 3.05) is 0 Å². The summed E-state index contributed by atoms with van der Waals surface area (Å²) in [4.78, 5) is 0. The summed E-state index contributed by atoms with van der Waals surface area (Å²) < 4.78 is 0. The van der Waals surface area contributed by atoms with Gasteiger partial charge in [0.05, 0.1) is 0 Å². The summed E-state index contributed by atoms with van der Waals surface area (Å²) in [6.07, 6.45) is 0. The molecule has 0 saturated heterocycles. The molecule has 3 aromatic rings. The number of fused-ring (bicyclic) bond motifs is 3. The molecular weight excluding hydrogens is 228 g/mol. The minimum Gasteiger partial charge on any atom is -0.0843 e. The normalized spacial score (nSPS) is 11.2. The van der Waals surface area contributed by atoms with Crippen LogP contribution in [0, 0.1) is 13.8 Å². The summed E-state index contributed by atoms with van der Waals surface area (Å²) in [6.45, 7) is 4.30. The third kappa shape index (κ3) is 1.69. The summed E-state index contributed by atoms with van der Waals surface area (Å²) in [5.74, 6) is 0. The van der Waals surface area contributed by atoms with Crippen LogP contribution in [0.4, 0.5) is 0 Å². The van der Waals surface area contributed by atoms with Gasteiger partial charge in [-0.3, -0.25) is 0 Å². The SMILES string of the molecule is Cc1cc(C)c2c(ccc3ccc(Cl)cc32)c1. The molecule has 0 aliphatic carbocycles.